The van der Waals surface area contributed by atoms with Crippen molar-refractivity contribution in [3.8, 4) is 0 Å². The van der Waals surface area contributed by atoms with Crippen LogP contribution in [0.15, 0.2) is 24.3 Å². The fourth-order valence-corrected chi connectivity index (χ4v) is 1.46. The molecule has 1 aromatic carbocycles. The van der Waals surface area contributed by atoms with Crippen molar-refractivity contribution in [2.24, 2.45) is 0 Å². The number of aliphatic hydroxyl groups excluding tert-OH is 1. The van der Waals surface area contributed by atoms with Crippen molar-refractivity contribution in [1.82, 2.24) is 5.32 Å². The van der Waals surface area contributed by atoms with Crippen LogP contribution in [0.2, 0.25) is 0 Å². The summed E-state index contributed by atoms with van der Waals surface area (Å²) in [5.74, 6) is -1.03. The van der Waals surface area contributed by atoms with Gasteiger partial charge in [0.15, 0.2) is 0 Å². The number of rotatable bonds is 4. The maximum Gasteiger partial charge on any atom is 0.407 e. The zero-order chi connectivity index (χ0) is 15.3. The number of alkyl carbamates (subject to hydrolysis) is 1. The number of hydrogen-bond acceptors (Lipinski definition) is 4. The van der Waals surface area contributed by atoms with E-state index in [2.05, 4.69) is 5.32 Å². The van der Waals surface area contributed by atoms with Crippen LogP contribution in [0.25, 0.3) is 0 Å². The van der Waals surface area contributed by atoms with Gasteiger partial charge in [-0.15, -0.1) is 0 Å². The molecule has 0 heterocycles. The molecule has 0 radical (unpaired) electrons. The van der Waals surface area contributed by atoms with E-state index in [4.69, 9.17) is 9.84 Å². The molecule has 0 aliphatic carbocycles. The number of aromatic carboxylic acids is 1. The lowest BCUT2D eigenvalue weighted by atomic mass is 10.1. The van der Waals surface area contributed by atoms with Crippen LogP contribution in [-0.4, -0.2) is 34.4 Å². The molecular weight excluding hydrogens is 262 g/mol. The van der Waals surface area contributed by atoms with E-state index < -0.39 is 23.8 Å². The first-order valence-electron chi connectivity index (χ1n) is 6.17. The Kier molecular flexibility index (Phi) is 5.10. The van der Waals surface area contributed by atoms with Crippen molar-refractivity contribution in [1.29, 1.82) is 0 Å². The minimum atomic E-state index is -1.03. The summed E-state index contributed by atoms with van der Waals surface area (Å²) < 4.78 is 5.04. The van der Waals surface area contributed by atoms with E-state index in [1.807, 2.05) is 0 Å². The van der Waals surface area contributed by atoms with Gasteiger partial charge in [-0.2, -0.15) is 0 Å². The first kappa shape index (κ1) is 16.0. The van der Waals surface area contributed by atoms with Crippen molar-refractivity contribution < 1.29 is 24.5 Å². The number of benzene rings is 1. The zero-order valence-corrected chi connectivity index (χ0v) is 11.7. The smallest absolute Gasteiger partial charge is 0.407 e. The Morgan fingerprint density at radius 1 is 1.25 bits per heavy atom. The highest BCUT2D eigenvalue weighted by molar-refractivity contribution is 5.87. The second-order valence-corrected chi connectivity index (χ2v) is 5.33. The first-order valence-corrected chi connectivity index (χ1v) is 6.17. The molecule has 0 unspecified atom stereocenters. The van der Waals surface area contributed by atoms with Crippen LogP contribution in [0.5, 0.6) is 0 Å². The van der Waals surface area contributed by atoms with Gasteiger partial charge in [-0.25, -0.2) is 9.59 Å². The van der Waals surface area contributed by atoms with E-state index in [0.717, 1.165) is 0 Å². The Balaban J connectivity index is 2.52. The van der Waals surface area contributed by atoms with Crippen LogP contribution >= 0.6 is 0 Å². The number of carbonyl (C=O) groups is 2. The third-order valence-electron chi connectivity index (χ3n) is 2.38. The molecule has 1 aromatic rings. The topological polar surface area (TPSA) is 95.9 Å². The van der Waals surface area contributed by atoms with Crippen LogP contribution in [0, 0.1) is 0 Å². The normalized spacial score (nSPS) is 12.6. The molecule has 20 heavy (non-hydrogen) atoms. The molecule has 0 saturated heterocycles. The van der Waals surface area contributed by atoms with Gasteiger partial charge in [-0.1, -0.05) is 12.1 Å². The van der Waals surface area contributed by atoms with Crippen LogP contribution in [0.4, 0.5) is 4.79 Å². The van der Waals surface area contributed by atoms with E-state index in [9.17, 15) is 14.7 Å². The summed E-state index contributed by atoms with van der Waals surface area (Å²) in [6.45, 7) is 5.22. The summed E-state index contributed by atoms with van der Waals surface area (Å²) in [4.78, 5) is 22.1. The highest BCUT2D eigenvalue weighted by Crippen LogP contribution is 2.13. The van der Waals surface area contributed by atoms with Crippen molar-refractivity contribution in [2.75, 3.05) is 6.54 Å². The van der Waals surface area contributed by atoms with Crippen LogP contribution in [-0.2, 0) is 4.74 Å². The third-order valence-corrected chi connectivity index (χ3v) is 2.38. The first-order chi connectivity index (χ1) is 9.19. The van der Waals surface area contributed by atoms with E-state index in [1.54, 1.807) is 20.8 Å². The van der Waals surface area contributed by atoms with Gasteiger partial charge in [0, 0.05) is 0 Å². The Bertz CT molecular complexity index is 475. The van der Waals surface area contributed by atoms with Crippen LogP contribution in [0.1, 0.15) is 42.8 Å². The predicted octanol–water partition coefficient (Wildman–Crippen LogP) is 1.94. The number of hydrogen-bond donors (Lipinski definition) is 3. The Morgan fingerprint density at radius 3 is 2.25 bits per heavy atom. The molecule has 1 amide bonds. The minimum absolute atomic E-state index is 0.0126. The second kappa shape index (κ2) is 6.38. The van der Waals surface area contributed by atoms with Crippen molar-refractivity contribution in [3.63, 3.8) is 0 Å². The van der Waals surface area contributed by atoms with Gasteiger partial charge in [-0.05, 0) is 38.5 Å². The molecule has 6 nitrogen and oxygen atoms in total. The maximum absolute atomic E-state index is 11.4. The SMILES string of the molecule is CC(C)(C)OC(=O)NC[C@@H](O)c1ccc(C(=O)O)cc1. The van der Waals surface area contributed by atoms with Gasteiger partial charge < -0.3 is 20.3 Å². The van der Waals surface area contributed by atoms with Gasteiger partial charge in [-0.3, -0.25) is 0 Å². The average Bonchev–Trinajstić information content (AvgIpc) is 2.34. The molecule has 1 atom stereocenters. The summed E-state index contributed by atoms with van der Waals surface area (Å²) in [6.07, 6.45) is -1.54. The number of carbonyl (C=O) groups excluding carboxylic acids is 1. The van der Waals surface area contributed by atoms with E-state index in [1.165, 1.54) is 24.3 Å². The van der Waals surface area contributed by atoms with Crippen LogP contribution < -0.4 is 5.32 Å². The third kappa shape index (κ3) is 5.27. The molecule has 0 aliphatic heterocycles. The molecule has 3 N–H and O–H groups in total. The Hall–Kier alpha value is -2.08. The standard InChI is InChI=1S/C14H19NO5/c1-14(2,3)20-13(19)15-8-11(16)9-4-6-10(7-5-9)12(17)18/h4-7,11,16H,8H2,1-3H3,(H,15,19)(H,17,18)/t11-/m1/s1. The summed E-state index contributed by atoms with van der Waals surface area (Å²) in [6, 6.07) is 5.80. The molecule has 0 fully saturated rings. The minimum Gasteiger partial charge on any atom is -0.478 e. The Morgan fingerprint density at radius 2 is 1.80 bits per heavy atom. The van der Waals surface area contributed by atoms with E-state index in [0.29, 0.717) is 5.56 Å². The molecule has 1 rings (SSSR count). The molecule has 6 heteroatoms. The van der Waals surface area contributed by atoms with E-state index >= 15 is 0 Å². The summed E-state index contributed by atoms with van der Waals surface area (Å²) in [5, 5.41) is 21.1. The maximum atomic E-state index is 11.4. The van der Waals surface area contributed by atoms with Gasteiger partial charge in [0.05, 0.1) is 18.2 Å². The lowest BCUT2D eigenvalue weighted by Crippen LogP contribution is -2.34. The largest absolute Gasteiger partial charge is 0.478 e. The van der Waals surface area contributed by atoms with E-state index in [-0.39, 0.29) is 12.1 Å². The molecule has 0 bridgehead atoms. The van der Waals surface area contributed by atoms with Gasteiger partial charge in [0.1, 0.15) is 5.60 Å². The van der Waals surface area contributed by atoms with Gasteiger partial charge >= 0.3 is 12.1 Å². The summed E-state index contributed by atoms with van der Waals surface area (Å²) >= 11 is 0. The number of aliphatic hydroxyl groups is 1. The Labute approximate surface area is 117 Å². The number of amides is 1. The predicted molar refractivity (Wildman–Crippen MR) is 72.6 cm³/mol. The number of carboxylic acid groups (broad SMARTS) is 1. The molecule has 0 aliphatic rings. The zero-order valence-electron chi connectivity index (χ0n) is 11.7. The van der Waals surface area contributed by atoms with Crippen molar-refractivity contribution in [3.05, 3.63) is 35.4 Å². The van der Waals surface area contributed by atoms with Crippen molar-refractivity contribution >= 4 is 12.1 Å². The fraction of sp³-hybridized carbons (Fsp3) is 0.429. The summed E-state index contributed by atoms with van der Waals surface area (Å²) in [7, 11) is 0. The monoisotopic (exact) mass is 281 g/mol. The quantitative estimate of drug-likeness (QED) is 0.783. The second-order valence-electron chi connectivity index (χ2n) is 5.33. The van der Waals surface area contributed by atoms with Crippen LogP contribution in [0.3, 0.4) is 0 Å². The molecule has 0 spiro atoms. The number of carboxylic acids is 1. The molecular formula is C14H19NO5. The highest BCUT2D eigenvalue weighted by Gasteiger charge is 2.17. The lowest BCUT2D eigenvalue weighted by Gasteiger charge is -2.20. The molecule has 0 aromatic heterocycles. The molecule has 0 saturated carbocycles. The van der Waals surface area contributed by atoms with Crippen molar-refractivity contribution in [2.45, 2.75) is 32.5 Å². The van der Waals surface area contributed by atoms with Gasteiger partial charge in [0.25, 0.3) is 0 Å². The van der Waals surface area contributed by atoms with Gasteiger partial charge in [0.2, 0.25) is 0 Å². The highest BCUT2D eigenvalue weighted by atomic mass is 16.6. The summed E-state index contributed by atoms with van der Waals surface area (Å²) in [5.41, 5.74) is 0.0603. The fourth-order valence-electron chi connectivity index (χ4n) is 1.46. The molecule has 110 valence electrons. The average molecular weight is 281 g/mol. The number of ether oxygens (including phenoxy) is 1. The lowest BCUT2D eigenvalue weighted by molar-refractivity contribution is 0.0491. The number of nitrogens with one attached hydrogen (secondary N) is 1.